The van der Waals surface area contributed by atoms with E-state index < -0.39 is 11.8 Å². The second kappa shape index (κ2) is 6.94. The first kappa shape index (κ1) is 18.2. The molecule has 4 atom stereocenters. The zero-order valence-corrected chi connectivity index (χ0v) is 15.4. The summed E-state index contributed by atoms with van der Waals surface area (Å²) in [5.41, 5.74) is -0.577. The first-order valence-electron chi connectivity index (χ1n) is 8.52. The molecule has 1 aromatic rings. The number of alkyl halides is 1. The van der Waals surface area contributed by atoms with Crippen molar-refractivity contribution < 1.29 is 18.7 Å². The fourth-order valence-corrected chi connectivity index (χ4v) is 3.68. The number of amides is 1. The summed E-state index contributed by atoms with van der Waals surface area (Å²) < 4.78 is 25.4. The van der Waals surface area contributed by atoms with Crippen LogP contribution in [0.25, 0.3) is 0 Å². The molecule has 2 saturated heterocycles. The standard InChI is InChI=1S/C17H23ClFN3O3/c1-17(2,3)25-16(23)22-11-6-10(19)7-12(22)9-13(8-11)24-15-5-4-14(18)20-21-15/h4-5,10-13H,6-9H2,1-3H3/t10?,11-,12+,13-. The third kappa shape index (κ3) is 4.51. The van der Waals surface area contributed by atoms with Crippen molar-refractivity contribution in [1.29, 1.82) is 0 Å². The van der Waals surface area contributed by atoms with E-state index in [-0.39, 0.29) is 24.3 Å². The maximum absolute atomic E-state index is 14.0. The molecule has 8 heteroatoms. The van der Waals surface area contributed by atoms with E-state index in [9.17, 15) is 9.18 Å². The molecule has 0 aromatic carbocycles. The van der Waals surface area contributed by atoms with Gasteiger partial charge in [-0.15, -0.1) is 10.2 Å². The van der Waals surface area contributed by atoms with E-state index in [0.717, 1.165) is 0 Å². The van der Waals surface area contributed by atoms with Gasteiger partial charge in [0.2, 0.25) is 5.88 Å². The summed E-state index contributed by atoms with van der Waals surface area (Å²) in [6.45, 7) is 5.48. The highest BCUT2D eigenvalue weighted by atomic mass is 35.5. The van der Waals surface area contributed by atoms with Gasteiger partial charge >= 0.3 is 6.09 Å². The van der Waals surface area contributed by atoms with Gasteiger partial charge in [-0.05, 0) is 39.7 Å². The summed E-state index contributed by atoms with van der Waals surface area (Å²) in [7, 11) is 0. The average Bonchev–Trinajstić information content (AvgIpc) is 2.46. The highest BCUT2D eigenvalue weighted by molar-refractivity contribution is 6.29. The molecule has 25 heavy (non-hydrogen) atoms. The van der Waals surface area contributed by atoms with Crippen molar-refractivity contribution in [2.24, 2.45) is 0 Å². The molecule has 2 bridgehead atoms. The topological polar surface area (TPSA) is 64.5 Å². The van der Waals surface area contributed by atoms with E-state index in [1.165, 1.54) is 0 Å². The minimum Gasteiger partial charge on any atom is -0.473 e. The summed E-state index contributed by atoms with van der Waals surface area (Å²) in [6, 6.07) is 2.80. The van der Waals surface area contributed by atoms with E-state index in [0.29, 0.717) is 36.7 Å². The van der Waals surface area contributed by atoms with E-state index in [4.69, 9.17) is 21.1 Å². The number of fused-ring (bicyclic) bond motifs is 2. The Hall–Kier alpha value is -1.63. The fourth-order valence-electron chi connectivity index (χ4n) is 3.58. The van der Waals surface area contributed by atoms with E-state index in [1.807, 2.05) is 20.8 Å². The molecule has 1 aromatic heterocycles. The maximum Gasteiger partial charge on any atom is 0.410 e. The van der Waals surface area contributed by atoms with Crippen LogP contribution < -0.4 is 4.74 Å². The van der Waals surface area contributed by atoms with Crippen molar-refractivity contribution in [3.63, 3.8) is 0 Å². The van der Waals surface area contributed by atoms with Gasteiger partial charge in [-0.2, -0.15) is 0 Å². The average molecular weight is 372 g/mol. The highest BCUT2D eigenvalue weighted by Gasteiger charge is 2.46. The van der Waals surface area contributed by atoms with Gasteiger partial charge < -0.3 is 14.4 Å². The monoisotopic (exact) mass is 371 g/mol. The van der Waals surface area contributed by atoms with Gasteiger partial charge in [0.1, 0.15) is 17.9 Å². The van der Waals surface area contributed by atoms with Crippen LogP contribution >= 0.6 is 11.6 Å². The highest BCUT2D eigenvalue weighted by Crippen LogP contribution is 2.37. The van der Waals surface area contributed by atoms with Gasteiger partial charge in [0.25, 0.3) is 0 Å². The lowest BCUT2D eigenvalue weighted by molar-refractivity contribution is -0.0558. The number of carbonyl (C=O) groups excluding carboxylic acids is 1. The van der Waals surface area contributed by atoms with E-state index in [1.54, 1.807) is 17.0 Å². The second-order valence-corrected chi connectivity index (χ2v) is 8.06. The molecule has 0 N–H and O–H groups in total. The van der Waals surface area contributed by atoms with E-state index in [2.05, 4.69) is 10.2 Å². The predicted octanol–water partition coefficient (Wildman–Crippen LogP) is 3.78. The number of ether oxygens (including phenoxy) is 2. The first-order chi connectivity index (χ1) is 11.7. The number of carbonyl (C=O) groups is 1. The van der Waals surface area contributed by atoms with Crippen LogP contribution in [0.3, 0.4) is 0 Å². The van der Waals surface area contributed by atoms with Crippen LogP contribution in [0.2, 0.25) is 5.15 Å². The summed E-state index contributed by atoms with van der Waals surface area (Å²) in [4.78, 5) is 14.2. The third-order valence-corrected chi connectivity index (χ3v) is 4.61. The Kier molecular flexibility index (Phi) is 5.04. The molecule has 0 spiro atoms. The molecule has 1 unspecified atom stereocenters. The lowest BCUT2D eigenvalue weighted by atomic mass is 9.82. The minimum atomic E-state index is -0.898. The SMILES string of the molecule is CC(C)(C)OC(=O)N1[C@@H]2CC(F)C[C@H]1C[C@H](Oc1ccc(Cl)nn1)C2. The van der Waals surface area contributed by atoms with Crippen molar-refractivity contribution in [1.82, 2.24) is 15.1 Å². The molecule has 2 aliphatic heterocycles. The molecule has 0 saturated carbocycles. The zero-order valence-electron chi connectivity index (χ0n) is 14.6. The lowest BCUT2D eigenvalue weighted by Gasteiger charge is -2.49. The molecular weight excluding hydrogens is 349 g/mol. The predicted molar refractivity (Wildman–Crippen MR) is 90.5 cm³/mol. The Bertz CT molecular complexity index is 607. The minimum absolute atomic E-state index is 0.142. The van der Waals surface area contributed by atoms with Gasteiger partial charge in [-0.1, -0.05) is 11.6 Å². The number of rotatable bonds is 2. The van der Waals surface area contributed by atoms with Crippen molar-refractivity contribution in [2.75, 3.05) is 0 Å². The van der Waals surface area contributed by atoms with Gasteiger partial charge in [0, 0.05) is 31.0 Å². The third-order valence-electron chi connectivity index (χ3n) is 4.41. The Balaban J connectivity index is 1.70. The smallest absolute Gasteiger partial charge is 0.410 e. The van der Waals surface area contributed by atoms with Crippen LogP contribution in [0, 0.1) is 0 Å². The fraction of sp³-hybridized carbons (Fsp3) is 0.706. The van der Waals surface area contributed by atoms with Crippen LogP contribution in [0.4, 0.5) is 9.18 Å². The molecule has 2 aliphatic rings. The van der Waals surface area contributed by atoms with Crippen molar-refractivity contribution in [2.45, 2.75) is 76.4 Å². The molecule has 2 fully saturated rings. The number of hydrogen-bond acceptors (Lipinski definition) is 5. The molecule has 6 nitrogen and oxygen atoms in total. The maximum atomic E-state index is 14.0. The van der Waals surface area contributed by atoms with Crippen molar-refractivity contribution in [3.05, 3.63) is 17.3 Å². The Labute approximate surface area is 151 Å². The number of aromatic nitrogens is 2. The van der Waals surface area contributed by atoms with Crippen molar-refractivity contribution in [3.8, 4) is 5.88 Å². The van der Waals surface area contributed by atoms with Crippen LogP contribution in [-0.4, -0.2) is 51.2 Å². The van der Waals surface area contributed by atoms with Gasteiger partial charge in [0.15, 0.2) is 5.15 Å². The van der Waals surface area contributed by atoms with Crippen LogP contribution in [-0.2, 0) is 4.74 Å². The number of nitrogens with zero attached hydrogens (tertiary/aromatic N) is 3. The second-order valence-electron chi connectivity index (χ2n) is 7.67. The Morgan fingerprint density at radius 3 is 2.36 bits per heavy atom. The molecular formula is C17H23ClFN3O3. The largest absolute Gasteiger partial charge is 0.473 e. The molecule has 0 radical (unpaired) electrons. The summed E-state index contributed by atoms with van der Waals surface area (Å²) in [6.07, 6.45) is 0.283. The van der Waals surface area contributed by atoms with Crippen LogP contribution in [0.1, 0.15) is 46.5 Å². The summed E-state index contributed by atoms with van der Waals surface area (Å²) in [5, 5.41) is 7.95. The Morgan fingerprint density at radius 1 is 1.20 bits per heavy atom. The summed E-state index contributed by atoms with van der Waals surface area (Å²) in [5.74, 6) is 0.384. The molecule has 1 amide bonds. The molecule has 138 valence electrons. The van der Waals surface area contributed by atoms with Gasteiger partial charge in [0.05, 0.1) is 0 Å². The molecule has 3 heterocycles. The number of piperidine rings is 2. The zero-order chi connectivity index (χ0) is 18.2. The molecule has 0 aliphatic carbocycles. The first-order valence-corrected chi connectivity index (χ1v) is 8.90. The number of hydrogen-bond donors (Lipinski definition) is 0. The summed E-state index contributed by atoms with van der Waals surface area (Å²) >= 11 is 5.73. The van der Waals surface area contributed by atoms with E-state index >= 15 is 0 Å². The van der Waals surface area contributed by atoms with Crippen molar-refractivity contribution >= 4 is 17.7 Å². The van der Waals surface area contributed by atoms with Crippen LogP contribution in [0.15, 0.2) is 12.1 Å². The molecule has 3 rings (SSSR count). The normalized spacial score (nSPS) is 29.2. The van der Waals surface area contributed by atoms with Crippen LogP contribution in [0.5, 0.6) is 5.88 Å². The number of halogens is 2. The quantitative estimate of drug-likeness (QED) is 0.791. The Morgan fingerprint density at radius 2 is 1.84 bits per heavy atom. The van der Waals surface area contributed by atoms with Gasteiger partial charge in [-0.25, -0.2) is 9.18 Å². The lowest BCUT2D eigenvalue weighted by Crippen LogP contribution is -2.59. The van der Waals surface area contributed by atoms with Gasteiger partial charge in [-0.3, -0.25) is 0 Å².